The number of nitrogens with zero attached hydrogens (tertiary/aromatic N) is 1. The predicted molar refractivity (Wildman–Crippen MR) is 85.7 cm³/mol. The van der Waals surface area contributed by atoms with Crippen LogP contribution in [-0.2, 0) is 10.2 Å². The zero-order chi connectivity index (χ0) is 15.1. The summed E-state index contributed by atoms with van der Waals surface area (Å²) in [6.45, 7) is 4.40. The molecule has 0 unspecified atom stereocenters. The number of hydrogen-bond donors (Lipinski definition) is 1. The van der Waals surface area contributed by atoms with E-state index in [1.807, 2.05) is 20.0 Å². The van der Waals surface area contributed by atoms with Gasteiger partial charge in [0.1, 0.15) is 0 Å². The fraction of sp³-hybridized carbons (Fsp3) is 0.750. The maximum Gasteiger partial charge on any atom is 0.407 e. The van der Waals surface area contributed by atoms with E-state index in [0.717, 1.165) is 12.8 Å². The third-order valence-electron chi connectivity index (χ3n) is 4.14. The van der Waals surface area contributed by atoms with Crippen LogP contribution in [0.15, 0.2) is 11.6 Å². The number of amides is 1. The van der Waals surface area contributed by atoms with Gasteiger partial charge in [0.25, 0.3) is 0 Å². The summed E-state index contributed by atoms with van der Waals surface area (Å²) in [5.41, 5.74) is 0.246. The van der Waals surface area contributed by atoms with Gasteiger partial charge >= 0.3 is 6.09 Å². The van der Waals surface area contributed by atoms with Crippen molar-refractivity contribution < 1.29 is 9.53 Å². The van der Waals surface area contributed by atoms with E-state index in [2.05, 4.69) is 15.7 Å². The Kier molecular flexibility index (Phi) is 6.03. The van der Waals surface area contributed by atoms with Gasteiger partial charge in [-0.2, -0.15) is 0 Å². The van der Waals surface area contributed by atoms with E-state index in [4.69, 9.17) is 4.74 Å². The van der Waals surface area contributed by atoms with Gasteiger partial charge in [0.2, 0.25) is 0 Å². The maximum atomic E-state index is 11.5. The third kappa shape index (κ3) is 4.70. The van der Waals surface area contributed by atoms with Crippen LogP contribution in [0.4, 0.5) is 4.79 Å². The summed E-state index contributed by atoms with van der Waals surface area (Å²) in [6, 6.07) is 0. The van der Waals surface area contributed by atoms with Crippen molar-refractivity contribution in [2.24, 2.45) is 0 Å². The van der Waals surface area contributed by atoms with Gasteiger partial charge in [-0.05, 0) is 39.5 Å². The zero-order valence-corrected chi connectivity index (χ0v) is 13.9. The molecule has 1 aliphatic carbocycles. The number of rotatable bonds is 6. The van der Waals surface area contributed by atoms with Crippen molar-refractivity contribution in [2.45, 2.75) is 70.3 Å². The molecular formula is C16H26N2O2S. The van der Waals surface area contributed by atoms with Gasteiger partial charge in [-0.25, -0.2) is 9.78 Å². The first-order chi connectivity index (χ1) is 10.1. The molecule has 0 saturated heterocycles. The van der Waals surface area contributed by atoms with E-state index >= 15 is 0 Å². The predicted octanol–water partition coefficient (Wildman–Crippen LogP) is 4.26. The van der Waals surface area contributed by atoms with Gasteiger partial charge in [-0.15, -0.1) is 11.3 Å². The Bertz CT molecular complexity index is 425. The summed E-state index contributed by atoms with van der Waals surface area (Å²) in [6.07, 6.45) is 10.0. The lowest BCUT2D eigenvalue weighted by molar-refractivity contribution is 0.115. The molecule has 5 heteroatoms. The molecule has 1 heterocycles. The average Bonchev–Trinajstić information content (AvgIpc) is 2.99. The standard InChI is InChI=1S/C16H26N2O2S/c1-13(2)20-15(19)18-10-6-9-16(7-4-3-5-8-16)14-17-11-12-21-14/h11-13H,3-10H2,1-2H3,(H,18,19). The van der Waals surface area contributed by atoms with Crippen LogP contribution in [0.2, 0.25) is 0 Å². The van der Waals surface area contributed by atoms with Gasteiger partial charge in [0, 0.05) is 23.5 Å². The van der Waals surface area contributed by atoms with Crippen molar-refractivity contribution in [1.29, 1.82) is 0 Å². The topological polar surface area (TPSA) is 51.2 Å². The molecule has 0 atom stereocenters. The van der Waals surface area contributed by atoms with Crippen molar-refractivity contribution in [1.82, 2.24) is 10.3 Å². The Labute approximate surface area is 131 Å². The Balaban J connectivity index is 1.82. The first-order valence-electron chi connectivity index (χ1n) is 7.97. The van der Waals surface area contributed by atoms with Gasteiger partial charge < -0.3 is 10.1 Å². The molecule has 1 N–H and O–H groups in total. The summed E-state index contributed by atoms with van der Waals surface area (Å²) in [4.78, 5) is 16.0. The minimum Gasteiger partial charge on any atom is -0.447 e. The van der Waals surface area contributed by atoms with Crippen LogP contribution < -0.4 is 5.32 Å². The summed E-state index contributed by atoms with van der Waals surface area (Å²) in [7, 11) is 0. The highest BCUT2D eigenvalue weighted by Gasteiger charge is 2.35. The molecule has 0 aliphatic heterocycles. The van der Waals surface area contributed by atoms with Crippen molar-refractivity contribution in [3.63, 3.8) is 0 Å². The van der Waals surface area contributed by atoms with Crippen molar-refractivity contribution in [2.75, 3.05) is 6.54 Å². The lowest BCUT2D eigenvalue weighted by Crippen LogP contribution is -2.32. The second-order valence-electron chi connectivity index (χ2n) is 6.16. The van der Waals surface area contributed by atoms with Crippen LogP contribution >= 0.6 is 11.3 Å². The normalized spacial score (nSPS) is 17.7. The van der Waals surface area contributed by atoms with Crippen LogP contribution in [0.25, 0.3) is 0 Å². The van der Waals surface area contributed by atoms with Crippen LogP contribution in [0.3, 0.4) is 0 Å². The van der Waals surface area contributed by atoms with Crippen molar-refractivity contribution >= 4 is 17.4 Å². The number of carbonyl (C=O) groups is 1. The first kappa shape index (κ1) is 16.3. The summed E-state index contributed by atoms with van der Waals surface area (Å²) in [5.74, 6) is 0. The first-order valence-corrected chi connectivity index (χ1v) is 8.85. The molecule has 1 amide bonds. The second kappa shape index (κ2) is 7.78. The molecule has 21 heavy (non-hydrogen) atoms. The molecule has 1 aromatic heterocycles. The monoisotopic (exact) mass is 310 g/mol. The van der Waals surface area contributed by atoms with Gasteiger partial charge in [-0.1, -0.05) is 19.3 Å². The SMILES string of the molecule is CC(C)OC(=O)NCCCC1(c2nccs2)CCCCC1. The number of hydrogen-bond acceptors (Lipinski definition) is 4. The highest BCUT2D eigenvalue weighted by atomic mass is 32.1. The van der Waals surface area contributed by atoms with Crippen molar-refractivity contribution in [3.05, 3.63) is 16.6 Å². The molecular weight excluding hydrogens is 284 g/mol. The van der Waals surface area contributed by atoms with Crippen LogP contribution in [-0.4, -0.2) is 23.7 Å². The van der Waals surface area contributed by atoms with Gasteiger partial charge in [-0.3, -0.25) is 0 Å². The number of carbonyl (C=O) groups excluding carboxylic acids is 1. The lowest BCUT2D eigenvalue weighted by Gasteiger charge is -2.35. The molecule has 118 valence electrons. The van der Waals surface area contributed by atoms with E-state index in [1.54, 1.807) is 11.3 Å². The number of nitrogens with one attached hydrogen (secondary N) is 1. The fourth-order valence-electron chi connectivity index (χ4n) is 3.16. The molecule has 2 rings (SSSR count). The van der Waals surface area contributed by atoms with Crippen LogP contribution in [0.5, 0.6) is 0 Å². The number of thiazole rings is 1. The lowest BCUT2D eigenvalue weighted by atomic mass is 9.71. The summed E-state index contributed by atoms with van der Waals surface area (Å²) >= 11 is 1.78. The number of aromatic nitrogens is 1. The minimum absolute atomic E-state index is 0.0648. The Hall–Kier alpha value is -1.10. The molecule has 1 fully saturated rings. The molecule has 1 aliphatic rings. The Morgan fingerprint density at radius 3 is 2.81 bits per heavy atom. The largest absolute Gasteiger partial charge is 0.447 e. The van der Waals surface area contributed by atoms with E-state index in [1.165, 1.54) is 37.1 Å². The highest BCUT2D eigenvalue weighted by Crippen LogP contribution is 2.43. The maximum absolute atomic E-state index is 11.5. The molecule has 0 bridgehead atoms. The Morgan fingerprint density at radius 2 is 2.19 bits per heavy atom. The quantitative estimate of drug-likeness (QED) is 0.799. The zero-order valence-electron chi connectivity index (χ0n) is 13.1. The van der Waals surface area contributed by atoms with E-state index in [9.17, 15) is 4.79 Å². The molecule has 0 radical (unpaired) electrons. The van der Waals surface area contributed by atoms with Crippen molar-refractivity contribution in [3.8, 4) is 0 Å². The molecule has 4 nitrogen and oxygen atoms in total. The van der Waals surface area contributed by atoms with Gasteiger partial charge in [0.05, 0.1) is 11.1 Å². The number of alkyl carbamates (subject to hydrolysis) is 1. The minimum atomic E-state index is -0.308. The summed E-state index contributed by atoms with van der Waals surface area (Å²) in [5, 5.41) is 6.20. The molecule has 0 aromatic carbocycles. The number of ether oxygens (including phenoxy) is 1. The second-order valence-corrected chi connectivity index (χ2v) is 7.06. The average molecular weight is 310 g/mol. The molecule has 1 aromatic rings. The van der Waals surface area contributed by atoms with E-state index < -0.39 is 0 Å². The fourth-order valence-corrected chi connectivity index (χ4v) is 4.09. The van der Waals surface area contributed by atoms with Crippen LogP contribution in [0.1, 0.15) is 63.8 Å². The van der Waals surface area contributed by atoms with E-state index in [-0.39, 0.29) is 17.6 Å². The van der Waals surface area contributed by atoms with E-state index in [0.29, 0.717) is 6.54 Å². The molecule has 1 saturated carbocycles. The smallest absolute Gasteiger partial charge is 0.407 e. The Morgan fingerprint density at radius 1 is 1.43 bits per heavy atom. The highest BCUT2D eigenvalue weighted by molar-refractivity contribution is 7.09. The molecule has 0 spiro atoms. The van der Waals surface area contributed by atoms with Gasteiger partial charge in [0.15, 0.2) is 0 Å². The summed E-state index contributed by atoms with van der Waals surface area (Å²) < 4.78 is 5.08. The third-order valence-corrected chi connectivity index (χ3v) is 5.16. The van der Waals surface area contributed by atoms with Crippen LogP contribution in [0, 0.1) is 0 Å².